The Labute approximate surface area is 152 Å². The number of phenols is 1. The van der Waals surface area contributed by atoms with Crippen LogP contribution in [0.4, 0.5) is 0 Å². The molecule has 4 heteroatoms. The highest BCUT2D eigenvalue weighted by molar-refractivity contribution is 5.56. The van der Waals surface area contributed by atoms with E-state index >= 15 is 0 Å². The van der Waals surface area contributed by atoms with Crippen LogP contribution in [-0.4, -0.2) is 36.3 Å². The molecule has 1 rings (SSSR count). The minimum Gasteiger partial charge on any atom is -0.504 e. The van der Waals surface area contributed by atoms with Crippen LogP contribution in [0.5, 0.6) is 11.5 Å². The average Bonchev–Trinajstić information content (AvgIpc) is 2.49. The summed E-state index contributed by atoms with van der Waals surface area (Å²) in [5.41, 5.74) is 4.75. The van der Waals surface area contributed by atoms with Crippen molar-refractivity contribution in [2.45, 2.75) is 53.2 Å². The van der Waals surface area contributed by atoms with Gasteiger partial charge in [0.1, 0.15) is 6.10 Å². The minimum atomic E-state index is -0.817. The molecule has 0 aliphatic rings. The lowest BCUT2D eigenvalue weighted by molar-refractivity contribution is 0.217. The number of hydrogen-bond donors (Lipinski definition) is 2. The fraction of sp³-hybridized carbons (Fsp3) is 0.524. The molecule has 0 radical (unpaired) electrons. The van der Waals surface area contributed by atoms with Crippen molar-refractivity contribution in [3.8, 4) is 11.5 Å². The zero-order valence-corrected chi connectivity index (χ0v) is 16.7. The Morgan fingerprint density at radius 3 is 2.44 bits per heavy atom. The Bertz CT molecular complexity index is 641. The molecule has 1 aromatic rings. The van der Waals surface area contributed by atoms with E-state index in [4.69, 9.17) is 4.74 Å². The van der Waals surface area contributed by atoms with E-state index in [1.165, 1.54) is 12.7 Å². The number of nitrogens with zero attached hydrogens (tertiary/aromatic N) is 1. The van der Waals surface area contributed by atoms with Crippen molar-refractivity contribution in [1.29, 1.82) is 0 Å². The molecule has 0 bridgehead atoms. The van der Waals surface area contributed by atoms with Crippen molar-refractivity contribution in [1.82, 2.24) is 4.90 Å². The molecular formula is C21H33NO3. The van der Waals surface area contributed by atoms with Crippen LogP contribution in [0.3, 0.4) is 0 Å². The highest BCUT2D eigenvalue weighted by Crippen LogP contribution is 2.40. The fourth-order valence-electron chi connectivity index (χ4n) is 2.89. The Hall–Kier alpha value is -1.78. The minimum absolute atomic E-state index is 0.0923. The second-order valence-corrected chi connectivity index (χ2v) is 7.16. The quantitative estimate of drug-likeness (QED) is 0.680. The van der Waals surface area contributed by atoms with Crippen LogP contribution >= 0.6 is 0 Å². The van der Waals surface area contributed by atoms with E-state index in [9.17, 15) is 10.2 Å². The van der Waals surface area contributed by atoms with E-state index in [2.05, 4.69) is 19.9 Å². The van der Waals surface area contributed by atoms with Crippen LogP contribution in [0.1, 0.15) is 56.4 Å². The lowest BCUT2D eigenvalue weighted by atomic mass is 9.95. The number of phenolic OH excluding ortho intramolecular Hbond substituents is 1. The molecular weight excluding hydrogens is 314 g/mol. The monoisotopic (exact) mass is 347 g/mol. The second-order valence-electron chi connectivity index (χ2n) is 7.16. The molecule has 0 aromatic heterocycles. The molecule has 1 atom stereocenters. The highest BCUT2D eigenvalue weighted by atomic mass is 16.5. The molecule has 140 valence electrons. The third-order valence-electron chi connectivity index (χ3n) is 4.09. The van der Waals surface area contributed by atoms with Crippen molar-refractivity contribution in [2.75, 3.05) is 21.2 Å². The van der Waals surface area contributed by atoms with Gasteiger partial charge in [0.05, 0.1) is 7.11 Å². The van der Waals surface area contributed by atoms with Gasteiger partial charge in [-0.25, -0.2) is 0 Å². The van der Waals surface area contributed by atoms with E-state index in [0.717, 1.165) is 29.5 Å². The normalized spacial score (nSPS) is 13.1. The van der Waals surface area contributed by atoms with Gasteiger partial charge in [-0.05, 0) is 65.8 Å². The van der Waals surface area contributed by atoms with Gasteiger partial charge in [-0.1, -0.05) is 29.4 Å². The predicted octanol–water partition coefficient (Wildman–Crippen LogP) is 4.50. The lowest BCUT2D eigenvalue weighted by Gasteiger charge is -2.22. The van der Waals surface area contributed by atoms with Crippen molar-refractivity contribution >= 4 is 0 Å². The Balaban J connectivity index is 3.23. The van der Waals surface area contributed by atoms with E-state index < -0.39 is 6.10 Å². The molecule has 25 heavy (non-hydrogen) atoms. The van der Waals surface area contributed by atoms with Gasteiger partial charge in [-0.15, -0.1) is 0 Å². The van der Waals surface area contributed by atoms with Gasteiger partial charge in [-0.3, -0.25) is 0 Å². The van der Waals surface area contributed by atoms with Crippen LogP contribution in [0.2, 0.25) is 0 Å². The van der Waals surface area contributed by atoms with Crippen molar-refractivity contribution in [3.05, 3.63) is 46.1 Å². The number of methoxy groups -OCH3 is 1. The molecule has 0 saturated carbocycles. The molecule has 2 N–H and O–H groups in total. The SMILES string of the molecule is COc1c(O)c(C)cc(CN(C)C)c1C(O)/C=C(/C)CCC=C(C)C. The molecule has 0 aliphatic heterocycles. The number of aliphatic hydroxyl groups is 1. The smallest absolute Gasteiger partial charge is 0.167 e. The van der Waals surface area contributed by atoms with Crippen LogP contribution in [0.15, 0.2) is 29.4 Å². The molecule has 0 fully saturated rings. The third-order valence-corrected chi connectivity index (χ3v) is 4.09. The Morgan fingerprint density at radius 1 is 1.28 bits per heavy atom. The summed E-state index contributed by atoms with van der Waals surface area (Å²) in [7, 11) is 5.48. The van der Waals surface area contributed by atoms with Crippen molar-refractivity contribution in [3.63, 3.8) is 0 Å². The first-order valence-electron chi connectivity index (χ1n) is 8.70. The van der Waals surface area contributed by atoms with Crippen LogP contribution in [0.25, 0.3) is 0 Å². The van der Waals surface area contributed by atoms with Crippen molar-refractivity contribution < 1.29 is 14.9 Å². The van der Waals surface area contributed by atoms with Gasteiger partial charge < -0.3 is 19.8 Å². The zero-order chi connectivity index (χ0) is 19.1. The Morgan fingerprint density at radius 2 is 1.92 bits per heavy atom. The number of rotatable bonds is 8. The number of aliphatic hydroxyl groups excluding tert-OH is 1. The third kappa shape index (κ3) is 6.22. The zero-order valence-electron chi connectivity index (χ0n) is 16.7. The first-order valence-corrected chi connectivity index (χ1v) is 8.70. The maximum absolute atomic E-state index is 10.8. The highest BCUT2D eigenvalue weighted by Gasteiger charge is 2.22. The van der Waals surface area contributed by atoms with Crippen molar-refractivity contribution in [2.24, 2.45) is 0 Å². The van der Waals surface area contributed by atoms with Gasteiger partial charge >= 0.3 is 0 Å². The fourth-order valence-corrected chi connectivity index (χ4v) is 2.89. The summed E-state index contributed by atoms with van der Waals surface area (Å²) in [6.45, 7) is 8.69. The largest absolute Gasteiger partial charge is 0.504 e. The molecule has 0 amide bonds. The summed E-state index contributed by atoms with van der Waals surface area (Å²) in [6.07, 6.45) is 5.08. The number of ether oxygens (including phenoxy) is 1. The number of aryl methyl sites for hydroxylation is 1. The number of hydrogen-bond acceptors (Lipinski definition) is 4. The molecule has 1 unspecified atom stereocenters. The van der Waals surface area contributed by atoms with Gasteiger partial charge in [0, 0.05) is 12.1 Å². The summed E-state index contributed by atoms with van der Waals surface area (Å²) < 4.78 is 5.43. The maximum atomic E-state index is 10.8. The summed E-state index contributed by atoms with van der Waals surface area (Å²) in [5, 5.41) is 21.2. The topological polar surface area (TPSA) is 52.9 Å². The van der Waals surface area contributed by atoms with Gasteiger partial charge in [0.15, 0.2) is 11.5 Å². The molecule has 0 aliphatic carbocycles. The standard InChI is InChI=1S/C21H33NO3/c1-14(2)9-8-10-15(3)11-18(23)19-17(13-22(5)6)12-16(4)20(24)21(19)25-7/h9,11-12,18,23-24H,8,10,13H2,1-7H3/b15-11-. The molecule has 0 heterocycles. The number of benzene rings is 1. The molecule has 1 aromatic carbocycles. The van der Waals surface area contributed by atoms with Gasteiger partial charge in [-0.2, -0.15) is 0 Å². The summed E-state index contributed by atoms with van der Waals surface area (Å²) in [5.74, 6) is 0.451. The number of aromatic hydroxyl groups is 1. The molecule has 0 saturated heterocycles. The molecule has 0 spiro atoms. The van der Waals surface area contributed by atoms with E-state index in [1.807, 2.05) is 45.0 Å². The summed E-state index contributed by atoms with van der Waals surface area (Å²) in [6, 6.07) is 1.92. The predicted molar refractivity (Wildman–Crippen MR) is 104 cm³/mol. The lowest BCUT2D eigenvalue weighted by Crippen LogP contribution is -2.14. The van der Waals surface area contributed by atoms with Crippen LogP contribution < -0.4 is 4.74 Å². The number of allylic oxidation sites excluding steroid dienone is 3. The van der Waals surface area contributed by atoms with E-state index in [0.29, 0.717) is 17.9 Å². The second kappa shape index (κ2) is 9.64. The summed E-state index contributed by atoms with van der Waals surface area (Å²) in [4.78, 5) is 2.03. The van der Waals surface area contributed by atoms with Crippen LogP contribution in [-0.2, 0) is 6.54 Å². The maximum Gasteiger partial charge on any atom is 0.167 e. The molecule has 4 nitrogen and oxygen atoms in total. The Kier molecular flexibility index (Phi) is 8.20. The van der Waals surface area contributed by atoms with Gasteiger partial charge in [0.2, 0.25) is 0 Å². The summed E-state index contributed by atoms with van der Waals surface area (Å²) >= 11 is 0. The first-order chi connectivity index (χ1) is 11.7. The van der Waals surface area contributed by atoms with E-state index in [-0.39, 0.29) is 5.75 Å². The van der Waals surface area contributed by atoms with Gasteiger partial charge in [0.25, 0.3) is 0 Å². The van der Waals surface area contributed by atoms with E-state index in [1.54, 1.807) is 0 Å². The first kappa shape index (κ1) is 21.3. The van der Waals surface area contributed by atoms with Crippen LogP contribution in [0, 0.1) is 6.92 Å². The average molecular weight is 347 g/mol.